The fourth-order valence-electron chi connectivity index (χ4n) is 7.07. The number of carbonyl (C=O) groups excluding carboxylic acids is 2. The molecule has 0 aromatic heterocycles. The molecule has 0 saturated heterocycles. The van der Waals surface area contributed by atoms with Crippen LogP contribution < -0.4 is 0 Å². The van der Waals surface area contributed by atoms with E-state index in [1.165, 1.54) is 0 Å². The van der Waals surface area contributed by atoms with Crippen molar-refractivity contribution in [2.45, 2.75) is 77.4 Å². The summed E-state index contributed by atoms with van der Waals surface area (Å²) in [5.41, 5.74) is -0.674. The molecular formula is C20H30O4. The van der Waals surface area contributed by atoms with Crippen LogP contribution in [0.2, 0.25) is 0 Å². The zero-order chi connectivity index (χ0) is 17.3. The Balaban J connectivity index is 1.70. The number of hydrogen-bond acceptors (Lipinski definition) is 4. The van der Waals surface area contributed by atoms with E-state index in [4.69, 9.17) is 0 Å². The van der Waals surface area contributed by atoms with Crippen molar-refractivity contribution in [1.82, 2.24) is 0 Å². The molecule has 4 aliphatic carbocycles. The van der Waals surface area contributed by atoms with Crippen molar-refractivity contribution >= 4 is 11.6 Å². The van der Waals surface area contributed by atoms with Gasteiger partial charge in [-0.1, -0.05) is 13.8 Å². The highest BCUT2D eigenvalue weighted by atomic mass is 16.3. The van der Waals surface area contributed by atoms with E-state index in [1.54, 1.807) is 0 Å². The largest absolute Gasteiger partial charge is 0.393 e. The quantitative estimate of drug-likeness (QED) is 0.714. The summed E-state index contributed by atoms with van der Waals surface area (Å²) in [6.07, 6.45) is 5.22. The first-order valence-corrected chi connectivity index (χ1v) is 9.70. The second-order valence-electron chi connectivity index (χ2n) is 9.47. The van der Waals surface area contributed by atoms with Crippen LogP contribution in [0.15, 0.2) is 0 Å². The van der Waals surface area contributed by atoms with Gasteiger partial charge in [0.2, 0.25) is 0 Å². The number of aliphatic hydroxyl groups is 2. The molecule has 0 unspecified atom stereocenters. The summed E-state index contributed by atoms with van der Waals surface area (Å²) >= 11 is 0. The van der Waals surface area contributed by atoms with E-state index in [2.05, 4.69) is 6.92 Å². The average molecular weight is 334 g/mol. The standard InChI is InChI=1S/C20H30O4/c1-19-8-7-12(21)9-11(19)3-4-13-14-5-6-15(22)18(24)20(14,2)10-16(23)17(13)19/h11-15,17,21-22H,3-10H2,1-2H3/t11-,12-,13-,14+,15-,17+,19+,20+/m1/s1. The molecule has 8 atom stereocenters. The van der Waals surface area contributed by atoms with Crippen LogP contribution >= 0.6 is 0 Å². The molecule has 0 spiro atoms. The summed E-state index contributed by atoms with van der Waals surface area (Å²) in [6, 6.07) is 0. The topological polar surface area (TPSA) is 74.6 Å². The molecule has 4 fully saturated rings. The van der Waals surface area contributed by atoms with Crippen LogP contribution in [0, 0.1) is 34.5 Å². The molecule has 4 saturated carbocycles. The van der Waals surface area contributed by atoms with E-state index in [1.807, 2.05) is 6.92 Å². The Kier molecular flexibility index (Phi) is 3.74. The van der Waals surface area contributed by atoms with Crippen LogP contribution in [0.25, 0.3) is 0 Å². The molecule has 2 N–H and O–H groups in total. The summed E-state index contributed by atoms with van der Waals surface area (Å²) in [5.74, 6) is 1.14. The van der Waals surface area contributed by atoms with Crippen LogP contribution in [0.3, 0.4) is 0 Å². The first kappa shape index (κ1) is 16.7. The Morgan fingerprint density at radius 3 is 2.50 bits per heavy atom. The molecule has 0 radical (unpaired) electrons. The van der Waals surface area contributed by atoms with Gasteiger partial charge in [-0.15, -0.1) is 0 Å². The molecule has 4 nitrogen and oxygen atoms in total. The van der Waals surface area contributed by atoms with Gasteiger partial charge in [0.1, 0.15) is 11.9 Å². The van der Waals surface area contributed by atoms with Crippen molar-refractivity contribution in [3.05, 3.63) is 0 Å². The summed E-state index contributed by atoms with van der Waals surface area (Å²) in [7, 11) is 0. The van der Waals surface area contributed by atoms with Crippen molar-refractivity contribution in [3.8, 4) is 0 Å². The van der Waals surface area contributed by atoms with Gasteiger partial charge < -0.3 is 10.2 Å². The van der Waals surface area contributed by atoms with Crippen molar-refractivity contribution < 1.29 is 19.8 Å². The molecule has 4 aliphatic rings. The predicted molar refractivity (Wildman–Crippen MR) is 89.1 cm³/mol. The molecule has 4 heteroatoms. The average Bonchev–Trinajstić information content (AvgIpc) is 2.52. The van der Waals surface area contributed by atoms with Gasteiger partial charge in [-0.3, -0.25) is 9.59 Å². The monoisotopic (exact) mass is 334 g/mol. The third-order valence-corrected chi connectivity index (χ3v) is 8.33. The number of rotatable bonds is 0. The van der Waals surface area contributed by atoms with Gasteiger partial charge in [0.05, 0.1) is 6.10 Å². The van der Waals surface area contributed by atoms with Crippen molar-refractivity contribution in [3.63, 3.8) is 0 Å². The van der Waals surface area contributed by atoms with Crippen molar-refractivity contribution in [1.29, 1.82) is 0 Å². The molecule has 24 heavy (non-hydrogen) atoms. The van der Waals surface area contributed by atoms with Crippen LogP contribution in [-0.2, 0) is 9.59 Å². The Morgan fingerprint density at radius 2 is 1.75 bits per heavy atom. The number of fused-ring (bicyclic) bond motifs is 5. The maximum absolute atomic E-state index is 13.2. The number of hydrogen-bond donors (Lipinski definition) is 2. The molecule has 0 heterocycles. The number of aliphatic hydroxyl groups excluding tert-OH is 2. The maximum atomic E-state index is 13.2. The van der Waals surface area contributed by atoms with Gasteiger partial charge >= 0.3 is 0 Å². The summed E-state index contributed by atoms with van der Waals surface area (Å²) in [5, 5.41) is 20.1. The molecule has 134 valence electrons. The van der Waals surface area contributed by atoms with E-state index in [0.29, 0.717) is 18.8 Å². The van der Waals surface area contributed by atoms with E-state index in [0.717, 1.165) is 38.5 Å². The van der Waals surface area contributed by atoms with Gasteiger partial charge in [-0.25, -0.2) is 0 Å². The lowest BCUT2D eigenvalue weighted by atomic mass is 9.42. The van der Waals surface area contributed by atoms with Gasteiger partial charge in [0.25, 0.3) is 0 Å². The first-order valence-electron chi connectivity index (χ1n) is 9.70. The highest BCUT2D eigenvalue weighted by Gasteiger charge is 2.63. The normalized spacial score (nSPS) is 54.7. The zero-order valence-corrected chi connectivity index (χ0v) is 14.8. The first-order chi connectivity index (χ1) is 11.3. The lowest BCUT2D eigenvalue weighted by Crippen LogP contribution is -2.61. The lowest BCUT2D eigenvalue weighted by Gasteiger charge is -2.61. The SMILES string of the molecule is C[C@]12CC[C@@H](O)C[C@H]1CC[C@H]1[C@H]2C(=O)C[C@]2(C)C(=O)[C@H](O)CC[C@@H]12. The molecule has 0 aromatic carbocycles. The number of carbonyl (C=O) groups is 2. The predicted octanol–water partition coefficient (Wildman–Crippen LogP) is 2.50. The minimum absolute atomic E-state index is 0.0142. The second-order valence-corrected chi connectivity index (χ2v) is 9.47. The molecule has 4 rings (SSSR count). The fraction of sp³-hybridized carbons (Fsp3) is 0.900. The van der Waals surface area contributed by atoms with Crippen molar-refractivity contribution in [2.75, 3.05) is 0 Å². The molecule has 0 aromatic rings. The number of ketones is 2. The third-order valence-electron chi connectivity index (χ3n) is 8.33. The van der Waals surface area contributed by atoms with Crippen molar-refractivity contribution in [2.24, 2.45) is 34.5 Å². The fourth-order valence-corrected chi connectivity index (χ4v) is 7.07. The van der Waals surface area contributed by atoms with Crippen LogP contribution in [-0.4, -0.2) is 34.0 Å². The highest BCUT2D eigenvalue weighted by molar-refractivity contribution is 5.96. The maximum Gasteiger partial charge on any atom is 0.167 e. The Bertz CT molecular complexity index is 572. The van der Waals surface area contributed by atoms with E-state index in [9.17, 15) is 19.8 Å². The lowest BCUT2D eigenvalue weighted by molar-refractivity contribution is -0.176. The zero-order valence-electron chi connectivity index (χ0n) is 14.8. The van der Waals surface area contributed by atoms with Crippen LogP contribution in [0.1, 0.15) is 65.2 Å². The minimum Gasteiger partial charge on any atom is -0.393 e. The van der Waals surface area contributed by atoms with Crippen LogP contribution in [0.4, 0.5) is 0 Å². The minimum atomic E-state index is -0.882. The van der Waals surface area contributed by atoms with E-state index >= 15 is 0 Å². The summed E-state index contributed by atoms with van der Waals surface area (Å²) < 4.78 is 0. The molecule has 0 amide bonds. The Labute approximate surface area is 144 Å². The summed E-state index contributed by atoms with van der Waals surface area (Å²) in [6.45, 7) is 4.19. The molecule has 0 aliphatic heterocycles. The van der Waals surface area contributed by atoms with E-state index in [-0.39, 0.29) is 40.8 Å². The van der Waals surface area contributed by atoms with Gasteiger partial charge in [0, 0.05) is 17.8 Å². The highest BCUT2D eigenvalue weighted by Crippen LogP contribution is 2.63. The second kappa shape index (κ2) is 5.38. The van der Waals surface area contributed by atoms with Crippen LogP contribution in [0.5, 0.6) is 0 Å². The molecule has 0 bridgehead atoms. The Morgan fingerprint density at radius 1 is 1.00 bits per heavy atom. The Hall–Kier alpha value is -0.740. The van der Waals surface area contributed by atoms with Gasteiger partial charge in [-0.2, -0.15) is 0 Å². The van der Waals surface area contributed by atoms with E-state index < -0.39 is 11.5 Å². The smallest absolute Gasteiger partial charge is 0.167 e. The van der Waals surface area contributed by atoms with Gasteiger partial charge in [0.15, 0.2) is 5.78 Å². The number of Topliss-reactive ketones (excluding diaryl/α,β-unsaturated/α-hetero) is 2. The van der Waals surface area contributed by atoms with Gasteiger partial charge in [-0.05, 0) is 68.1 Å². The third kappa shape index (κ3) is 2.11. The molecular weight excluding hydrogens is 304 g/mol. The summed E-state index contributed by atoms with van der Waals surface area (Å²) in [4.78, 5) is 25.9.